The highest BCUT2D eigenvalue weighted by molar-refractivity contribution is 5.76. The van der Waals surface area contributed by atoms with Gasteiger partial charge in [-0.05, 0) is 92.7 Å². The summed E-state index contributed by atoms with van der Waals surface area (Å²) in [6.07, 6.45) is 8.53. The van der Waals surface area contributed by atoms with E-state index in [0.29, 0.717) is 31.9 Å². The third kappa shape index (κ3) is 6.48. The minimum absolute atomic E-state index is 0.0177. The van der Waals surface area contributed by atoms with Gasteiger partial charge in [0.25, 0.3) is 0 Å². The lowest BCUT2D eigenvalue weighted by atomic mass is 9.92. The van der Waals surface area contributed by atoms with Crippen LogP contribution in [0.2, 0.25) is 0 Å². The SMILES string of the molecule is O=C(O)[C@H](c1cc(F)ccc1C1CCCCO1)N1CC[C@@H](OCCCCc2ccc3c(n2)NCCC3)C1. The van der Waals surface area contributed by atoms with Gasteiger partial charge in [-0.1, -0.05) is 12.1 Å². The number of hydrogen-bond acceptors (Lipinski definition) is 6. The zero-order chi connectivity index (χ0) is 25.6. The van der Waals surface area contributed by atoms with E-state index in [2.05, 4.69) is 17.4 Å². The fraction of sp³-hybridized carbons (Fsp3) is 0.586. The van der Waals surface area contributed by atoms with Crippen LogP contribution < -0.4 is 5.32 Å². The first-order valence-corrected chi connectivity index (χ1v) is 13.8. The number of likely N-dealkylation sites (tertiary alicyclic amines) is 1. The smallest absolute Gasteiger partial charge is 0.325 e. The Kier molecular flexibility index (Phi) is 8.69. The molecule has 3 atom stereocenters. The van der Waals surface area contributed by atoms with Crippen molar-refractivity contribution in [2.24, 2.45) is 0 Å². The molecule has 0 aliphatic carbocycles. The number of nitrogens with one attached hydrogen (secondary N) is 1. The number of rotatable bonds is 10. The Hall–Kier alpha value is -2.55. The minimum atomic E-state index is -0.963. The van der Waals surface area contributed by atoms with Crippen molar-refractivity contribution >= 4 is 11.8 Å². The van der Waals surface area contributed by atoms with Gasteiger partial charge in [-0.25, -0.2) is 9.37 Å². The summed E-state index contributed by atoms with van der Waals surface area (Å²) in [5, 5.41) is 13.5. The molecule has 7 nitrogen and oxygen atoms in total. The van der Waals surface area contributed by atoms with Crippen LogP contribution in [0.4, 0.5) is 10.2 Å². The molecule has 0 bridgehead atoms. The van der Waals surface area contributed by atoms with Crippen LogP contribution in [0.15, 0.2) is 30.3 Å². The average Bonchev–Trinajstić information content (AvgIpc) is 3.37. The Balaban J connectivity index is 1.13. The quantitative estimate of drug-likeness (QED) is 0.432. The molecule has 8 heteroatoms. The normalized spacial score (nSPS) is 22.8. The first-order valence-electron chi connectivity index (χ1n) is 13.8. The molecule has 2 aromatic rings. The first kappa shape index (κ1) is 26.1. The topological polar surface area (TPSA) is 83.9 Å². The van der Waals surface area contributed by atoms with Crippen LogP contribution in [0.5, 0.6) is 0 Å². The summed E-state index contributed by atoms with van der Waals surface area (Å²) in [6, 6.07) is 7.90. The van der Waals surface area contributed by atoms with Crippen molar-refractivity contribution in [3.05, 3.63) is 58.5 Å². The van der Waals surface area contributed by atoms with Gasteiger partial charge in [0.2, 0.25) is 0 Å². The number of aromatic nitrogens is 1. The maximum absolute atomic E-state index is 14.3. The lowest BCUT2D eigenvalue weighted by Gasteiger charge is -2.30. The highest BCUT2D eigenvalue weighted by Crippen LogP contribution is 2.36. The number of aliphatic carboxylic acids is 1. The van der Waals surface area contributed by atoms with Crippen LogP contribution in [0.1, 0.15) is 79.5 Å². The van der Waals surface area contributed by atoms with Crippen molar-refractivity contribution in [3.63, 3.8) is 0 Å². The summed E-state index contributed by atoms with van der Waals surface area (Å²) in [5.41, 5.74) is 3.72. The molecule has 0 amide bonds. The van der Waals surface area contributed by atoms with E-state index in [1.165, 1.54) is 17.7 Å². The molecule has 2 saturated heterocycles. The molecule has 0 radical (unpaired) electrons. The van der Waals surface area contributed by atoms with Gasteiger partial charge < -0.3 is 19.9 Å². The molecule has 200 valence electrons. The van der Waals surface area contributed by atoms with Crippen molar-refractivity contribution in [3.8, 4) is 0 Å². The molecule has 1 unspecified atom stereocenters. The molecule has 0 saturated carbocycles. The number of unbranched alkanes of at least 4 members (excludes halogenated alkanes) is 1. The highest BCUT2D eigenvalue weighted by atomic mass is 19.1. The van der Waals surface area contributed by atoms with Crippen LogP contribution in [0.3, 0.4) is 0 Å². The Morgan fingerprint density at radius 1 is 1.22 bits per heavy atom. The molecule has 2 fully saturated rings. The minimum Gasteiger partial charge on any atom is -0.480 e. The third-order valence-electron chi connectivity index (χ3n) is 7.78. The average molecular weight is 512 g/mol. The first-order chi connectivity index (χ1) is 18.1. The Labute approximate surface area is 218 Å². The number of carboxylic acid groups (broad SMARTS) is 1. The number of halogens is 1. The van der Waals surface area contributed by atoms with Crippen LogP contribution in [-0.4, -0.2) is 59.9 Å². The second kappa shape index (κ2) is 12.3. The molecule has 1 aromatic carbocycles. The second-order valence-corrected chi connectivity index (χ2v) is 10.4. The maximum Gasteiger partial charge on any atom is 0.325 e. The summed E-state index contributed by atoms with van der Waals surface area (Å²) < 4.78 is 26.3. The van der Waals surface area contributed by atoms with Crippen LogP contribution >= 0.6 is 0 Å². The number of pyridine rings is 1. The number of fused-ring (bicyclic) bond motifs is 1. The number of benzene rings is 1. The van der Waals surface area contributed by atoms with Crippen LogP contribution in [0, 0.1) is 5.82 Å². The van der Waals surface area contributed by atoms with E-state index in [-0.39, 0.29) is 12.2 Å². The van der Waals surface area contributed by atoms with E-state index in [0.717, 1.165) is 81.4 Å². The lowest BCUT2D eigenvalue weighted by Crippen LogP contribution is -2.34. The summed E-state index contributed by atoms with van der Waals surface area (Å²) in [4.78, 5) is 19.1. The van der Waals surface area contributed by atoms with E-state index in [1.54, 1.807) is 6.07 Å². The predicted octanol–water partition coefficient (Wildman–Crippen LogP) is 5.06. The van der Waals surface area contributed by atoms with Gasteiger partial charge in [0, 0.05) is 38.5 Å². The predicted molar refractivity (Wildman–Crippen MR) is 139 cm³/mol. The van der Waals surface area contributed by atoms with Crippen molar-refractivity contribution in [1.29, 1.82) is 0 Å². The standard InChI is InChI=1S/C29H38FN3O4/c30-21-10-12-24(26-8-2-4-17-37-26)25(18-21)27(29(34)35)33-15-13-23(19-33)36-16-3-1-7-22-11-9-20-6-5-14-31-28(20)32-22/h9-12,18,23,26-27H,1-8,13-17,19H2,(H,31,32)(H,34,35)/t23-,26?,27+/m1/s1. The molecule has 0 spiro atoms. The second-order valence-electron chi connectivity index (χ2n) is 10.4. The van der Waals surface area contributed by atoms with Gasteiger partial charge in [0.05, 0.1) is 12.2 Å². The van der Waals surface area contributed by atoms with Crippen molar-refractivity contribution in [1.82, 2.24) is 9.88 Å². The van der Waals surface area contributed by atoms with Crippen molar-refractivity contribution in [2.45, 2.75) is 76.0 Å². The molecule has 1 aromatic heterocycles. The van der Waals surface area contributed by atoms with Gasteiger partial charge in [-0.2, -0.15) is 0 Å². The van der Waals surface area contributed by atoms with Crippen LogP contribution in [-0.2, 0) is 27.1 Å². The summed E-state index contributed by atoms with van der Waals surface area (Å²) in [5.74, 6) is -0.345. The van der Waals surface area contributed by atoms with E-state index >= 15 is 0 Å². The number of hydrogen-bond donors (Lipinski definition) is 2. The van der Waals surface area contributed by atoms with Gasteiger partial charge in [-0.3, -0.25) is 9.69 Å². The number of ether oxygens (including phenoxy) is 2. The lowest BCUT2D eigenvalue weighted by molar-refractivity contribution is -0.143. The monoisotopic (exact) mass is 511 g/mol. The fourth-order valence-electron chi connectivity index (χ4n) is 5.84. The summed E-state index contributed by atoms with van der Waals surface area (Å²) >= 11 is 0. The molecular formula is C29H38FN3O4. The number of carbonyl (C=O) groups is 1. The largest absolute Gasteiger partial charge is 0.480 e. The molecule has 5 rings (SSSR count). The Bertz CT molecular complexity index is 1080. The van der Waals surface area contributed by atoms with Crippen molar-refractivity contribution < 1.29 is 23.8 Å². The number of anilines is 1. The molecule has 3 aliphatic heterocycles. The zero-order valence-electron chi connectivity index (χ0n) is 21.5. The van der Waals surface area contributed by atoms with Gasteiger partial charge in [0.15, 0.2) is 0 Å². The maximum atomic E-state index is 14.3. The van der Waals surface area contributed by atoms with E-state index < -0.39 is 17.8 Å². The van der Waals surface area contributed by atoms with Gasteiger partial charge in [-0.15, -0.1) is 0 Å². The number of nitrogens with zero attached hydrogens (tertiary/aromatic N) is 2. The molecular weight excluding hydrogens is 473 g/mol. The zero-order valence-corrected chi connectivity index (χ0v) is 21.5. The summed E-state index contributed by atoms with van der Waals surface area (Å²) in [6.45, 7) is 3.41. The third-order valence-corrected chi connectivity index (χ3v) is 7.78. The van der Waals surface area contributed by atoms with E-state index in [1.807, 2.05) is 4.90 Å². The van der Waals surface area contributed by atoms with Crippen LogP contribution in [0.25, 0.3) is 0 Å². The number of carboxylic acids is 1. The van der Waals surface area contributed by atoms with Gasteiger partial charge >= 0.3 is 5.97 Å². The Morgan fingerprint density at radius 2 is 2.14 bits per heavy atom. The molecule has 2 N–H and O–H groups in total. The number of aryl methyl sites for hydroxylation is 2. The summed E-state index contributed by atoms with van der Waals surface area (Å²) in [7, 11) is 0. The fourth-order valence-corrected chi connectivity index (χ4v) is 5.84. The Morgan fingerprint density at radius 3 is 2.97 bits per heavy atom. The molecule has 37 heavy (non-hydrogen) atoms. The molecule has 4 heterocycles. The van der Waals surface area contributed by atoms with Gasteiger partial charge in [0.1, 0.15) is 17.7 Å². The van der Waals surface area contributed by atoms with E-state index in [9.17, 15) is 14.3 Å². The molecule has 3 aliphatic rings. The highest BCUT2D eigenvalue weighted by Gasteiger charge is 2.36. The van der Waals surface area contributed by atoms with E-state index in [4.69, 9.17) is 14.5 Å². The van der Waals surface area contributed by atoms with Crippen molar-refractivity contribution in [2.75, 3.05) is 38.2 Å².